The number of carbonyl (C=O) groups excluding carboxylic acids is 2. The minimum absolute atomic E-state index is 0.0852. The van der Waals surface area contributed by atoms with E-state index in [1.54, 1.807) is 18.2 Å². The number of nitrogens with zero attached hydrogens (tertiary/aromatic N) is 3. The minimum Gasteiger partial charge on any atom is -0.358 e. The van der Waals surface area contributed by atoms with Crippen LogP contribution in [0.4, 0.5) is 11.4 Å². The molecule has 0 aromatic heterocycles. The summed E-state index contributed by atoms with van der Waals surface area (Å²) in [7, 11) is -0.689. The Morgan fingerprint density at radius 1 is 1.00 bits per heavy atom. The van der Waals surface area contributed by atoms with E-state index in [4.69, 9.17) is 0 Å². The number of fused-ring (bicyclic) bond motifs is 3. The summed E-state index contributed by atoms with van der Waals surface area (Å²) in [6.07, 6.45) is 10.5. The molecule has 1 aromatic rings. The molecule has 0 spiro atoms. The molecule has 1 aliphatic carbocycles. The van der Waals surface area contributed by atoms with Crippen LogP contribution >= 0.6 is 0 Å². The molecule has 33 heavy (non-hydrogen) atoms. The van der Waals surface area contributed by atoms with Gasteiger partial charge in [-0.1, -0.05) is 32.1 Å². The number of benzene rings is 1. The third-order valence-electron chi connectivity index (χ3n) is 7.15. The van der Waals surface area contributed by atoms with E-state index < -0.39 is 10.0 Å². The van der Waals surface area contributed by atoms with E-state index in [2.05, 4.69) is 10.2 Å². The van der Waals surface area contributed by atoms with Gasteiger partial charge in [0.05, 0.1) is 16.3 Å². The number of anilines is 2. The third kappa shape index (κ3) is 5.04. The molecule has 1 atom stereocenters. The Labute approximate surface area is 197 Å². The molecule has 0 unspecified atom stereocenters. The van der Waals surface area contributed by atoms with E-state index in [1.807, 2.05) is 0 Å². The topological polar surface area (TPSA) is 90.0 Å². The van der Waals surface area contributed by atoms with Gasteiger partial charge in [0, 0.05) is 26.7 Å². The number of hydrogen-bond acceptors (Lipinski definition) is 5. The number of rotatable bonds is 5. The monoisotopic (exact) mass is 476 g/mol. The quantitative estimate of drug-likeness (QED) is 0.706. The SMILES string of the molecule is CN(C)S(=O)(=O)c1ccc2c(c1)N(CC(=O)NC1CCCCCCC1)C(=O)[C@H]1CCCCN21. The highest BCUT2D eigenvalue weighted by molar-refractivity contribution is 7.89. The van der Waals surface area contributed by atoms with Crippen LogP contribution in [0.5, 0.6) is 0 Å². The number of hydrogen-bond donors (Lipinski definition) is 1. The standard InChI is InChI=1S/C24H36N4O4S/c1-26(2)33(31,32)19-13-14-20-22(16-19)28(24(30)21-12-8-9-15-27(20)21)17-23(29)25-18-10-6-4-3-5-7-11-18/h13-14,16,18,21H,3-12,15,17H2,1-2H3,(H,25,29)/t21-/m1/s1. The molecule has 2 fully saturated rings. The van der Waals surface area contributed by atoms with E-state index >= 15 is 0 Å². The first kappa shape index (κ1) is 24.0. The fraction of sp³-hybridized carbons (Fsp3) is 0.667. The average Bonchev–Trinajstić information content (AvgIpc) is 2.78. The number of piperidine rings is 1. The molecule has 1 saturated heterocycles. The molecule has 182 valence electrons. The van der Waals surface area contributed by atoms with Gasteiger partial charge >= 0.3 is 0 Å². The van der Waals surface area contributed by atoms with Crippen molar-refractivity contribution in [3.05, 3.63) is 18.2 Å². The fourth-order valence-corrected chi connectivity index (χ4v) is 6.21. The van der Waals surface area contributed by atoms with Gasteiger partial charge in [-0.2, -0.15) is 0 Å². The van der Waals surface area contributed by atoms with Crippen molar-refractivity contribution in [1.82, 2.24) is 9.62 Å². The van der Waals surface area contributed by atoms with Gasteiger partial charge in [-0.3, -0.25) is 14.5 Å². The lowest BCUT2D eigenvalue weighted by molar-refractivity contribution is -0.125. The third-order valence-corrected chi connectivity index (χ3v) is 8.96. The first-order valence-electron chi connectivity index (χ1n) is 12.2. The van der Waals surface area contributed by atoms with Crippen LogP contribution in [0.15, 0.2) is 23.1 Å². The second-order valence-corrected chi connectivity index (χ2v) is 11.8. The predicted molar refractivity (Wildman–Crippen MR) is 129 cm³/mol. The fourth-order valence-electron chi connectivity index (χ4n) is 5.29. The molecule has 0 radical (unpaired) electrons. The molecule has 2 heterocycles. The van der Waals surface area contributed by atoms with Crippen LogP contribution in [-0.4, -0.2) is 63.8 Å². The summed E-state index contributed by atoms with van der Waals surface area (Å²) in [4.78, 5) is 30.2. The van der Waals surface area contributed by atoms with Gasteiger partial charge in [-0.05, 0) is 50.3 Å². The Balaban J connectivity index is 1.62. The number of nitrogens with one attached hydrogen (secondary N) is 1. The van der Waals surface area contributed by atoms with Crippen LogP contribution in [0.25, 0.3) is 0 Å². The molecule has 2 amide bonds. The van der Waals surface area contributed by atoms with E-state index in [0.29, 0.717) is 5.69 Å². The summed E-state index contributed by atoms with van der Waals surface area (Å²) in [5.41, 5.74) is 1.34. The van der Waals surface area contributed by atoms with Crippen LogP contribution in [0, 0.1) is 0 Å². The van der Waals surface area contributed by atoms with Crippen molar-refractivity contribution in [1.29, 1.82) is 0 Å². The van der Waals surface area contributed by atoms with Crippen molar-refractivity contribution < 1.29 is 18.0 Å². The molecule has 2 aliphatic heterocycles. The highest BCUT2D eigenvalue weighted by atomic mass is 32.2. The summed E-state index contributed by atoms with van der Waals surface area (Å²) >= 11 is 0. The van der Waals surface area contributed by atoms with Crippen molar-refractivity contribution in [3.8, 4) is 0 Å². The number of sulfonamides is 1. The lowest BCUT2D eigenvalue weighted by Gasteiger charge is -2.45. The molecule has 1 aromatic carbocycles. The molecule has 4 rings (SSSR count). The zero-order chi connectivity index (χ0) is 23.6. The van der Waals surface area contributed by atoms with Gasteiger partial charge in [0.25, 0.3) is 0 Å². The normalized spacial score (nSPS) is 22.4. The van der Waals surface area contributed by atoms with Crippen LogP contribution < -0.4 is 15.1 Å². The van der Waals surface area contributed by atoms with Crippen molar-refractivity contribution in [2.24, 2.45) is 0 Å². The van der Waals surface area contributed by atoms with Crippen molar-refractivity contribution in [2.45, 2.75) is 81.2 Å². The van der Waals surface area contributed by atoms with Gasteiger partial charge in [0.1, 0.15) is 12.6 Å². The average molecular weight is 477 g/mol. The molecular formula is C24H36N4O4S. The van der Waals surface area contributed by atoms with Crippen LogP contribution in [0.1, 0.15) is 64.2 Å². The second-order valence-electron chi connectivity index (χ2n) is 9.68. The van der Waals surface area contributed by atoms with Crippen molar-refractivity contribution >= 4 is 33.2 Å². The highest BCUT2D eigenvalue weighted by Crippen LogP contribution is 2.40. The first-order valence-corrected chi connectivity index (χ1v) is 13.7. The van der Waals surface area contributed by atoms with Gasteiger partial charge in [0.15, 0.2) is 0 Å². The smallest absolute Gasteiger partial charge is 0.250 e. The van der Waals surface area contributed by atoms with Gasteiger partial charge in [0.2, 0.25) is 21.8 Å². The highest BCUT2D eigenvalue weighted by Gasteiger charge is 2.40. The second kappa shape index (κ2) is 10.0. The molecule has 8 nitrogen and oxygen atoms in total. The zero-order valence-electron chi connectivity index (χ0n) is 19.8. The Kier molecular flexibility index (Phi) is 7.28. The largest absolute Gasteiger partial charge is 0.358 e. The minimum atomic E-state index is -3.66. The maximum absolute atomic E-state index is 13.5. The first-order chi connectivity index (χ1) is 15.8. The van der Waals surface area contributed by atoms with Crippen molar-refractivity contribution in [3.63, 3.8) is 0 Å². The van der Waals surface area contributed by atoms with E-state index in [-0.39, 0.29) is 35.3 Å². The summed E-state index contributed by atoms with van der Waals surface area (Å²) in [5.74, 6) is -0.292. The van der Waals surface area contributed by atoms with E-state index in [0.717, 1.165) is 61.5 Å². The predicted octanol–water partition coefficient (Wildman–Crippen LogP) is 2.87. The lowest BCUT2D eigenvalue weighted by Crippen LogP contribution is -2.57. The molecule has 9 heteroatoms. The summed E-state index contributed by atoms with van der Waals surface area (Å²) in [6.45, 7) is 0.670. The summed E-state index contributed by atoms with van der Waals surface area (Å²) in [6, 6.07) is 4.79. The Morgan fingerprint density at radius 3 is 2.36 bits per heavy atom. The molecule has 3 aliphatic rings. The summed E-state index contributed by atoms with van der Waals surface area (Å²) < 4.78 is 26.7. The Morgan fingerprint density at radius 2 is 1.67 bits per heavy atom. The molecule has 0 bridgehead atoms. The van der Waals surface area contributed by atoms with E-state index in [9.17, 15) is 18.0 Å². The maximum Gasteiger partial charge on any atom is 0.250 e. The summed E-state index contributed by atoms with van der Waals surface area (Å²) in [5, 5.41) is 3.15. The lowest BCUT2D eigenvalue weighted by atomic mass is 9.95. The van der Waals surface area contributed by atoms with Crippen LogP contribution in [-0.2, 0) is 19.6 Å². The van der Waals surface area contributed by atoms with E-state index in [1.165, 1.54) is 38.3 Å². The maximum atomic E-state index is 13.5. The molecule has 1 saturated carbocycles. The molecule has 1 N–H and O–H groups in total. The zero-order valence-corrected chi connectivity index (χ0v) is 20.6. The van der Waals surface area contributed by atoms with Gasteiger partial charge < -0.3 is 10.2 Å². The number of amides is 2. The number of carbonyl (C=O) groups is 2. The van der Waals surface area contributed by atoms with Crippen LogP contribution in [0.3, 0.4) is 0 Å². The van der Waals surface area contributed by atoms with Gasteiger partial charge in [-0.25, -0.2) is 12.7 Å². The Bertz CT molecular complexity index is 986. The molecular weight excluding hydrogens is 440 g/mol. The Hall–Kier alpha value is -2.13. The van der Waals surface area contributed by atoms with Gasteiger partial charge in [-0.15, -0.1) is 0 Å². The van der Waals surface area contributed by atoms with Crippen molar-refractivity contribution in [2.75, 3.05) is 37.0 Å². The van der Waals surface area contributed by atoms with Crippen LogP contribution in [0.2, 0.25) is 0 Å².